The van der Waals surface area contributed by atoms with E-state index in [1.54, 1.807) is 37.5 Å². The molecule has 1 N–H and O–H groups in total. The average Bonchev–Trinajstić information content (AvgIpc) is 3.06. The van der Waals surface area contributed by atoms with Crippen molar-refractivity contribution in [3.63, 3.8) is 0 Å². The first-order valence-electron chi connectivity index (χ1n) is 7.11. The summed E-state index contributed by atoms with van der Waals surface area (Å²) in [6.45, 7) is 1.90. The van der Waals surface area contributed by atoms with Crippen LogP contribution in [-0.4, -0.2) is 22.0 Å². The number of amides is 1. The van der Waals surface area contributed by atoms with Crippen LogP contribution < -0.4 is 10.1 Å². The van der Waals surface area contributed by atoms with E-state index in [2.05, 4.69) is 15.3 Å². The molecule has 3 rings (SSSR count). The van der Waals surface area contributed by atoms with Crippen molar-refractivity contribution in [3.8, 4) is 5.88 Å². The predicted octanol–water partition coefficient (Wildman–Crippen LogP) is 3.61. The topological polar surface area (TPSA) is 77.2 Å². The summed E-state index contributed by atoms with van der Waals surface area (Å²) < 4.78 is 10.8. The largest absolute Gasteiger partial charge is 0.467 e. The molecular weight excluding hydrogens is 353 g/mol. The molecule has 0 saturated carbocycles. The van der Waals surface area contributed by atoms with Crippen LogP contribution in [0.4, 0.5) is 0 Å². The fourth-order valence-electron chi connectivity index (χ4n) is 2.11. The van der Waals surface area contributed by atoms with E-state index < -0.39 is 6.10 Å². The van der Waals surface area contributed by atoms with E-state index in [1.165, 1.54) is 6.33 Å². The minimum atomic E-state index is -0.768. The lowest BCUT2D eigenvalue weighted by molar-refractivity contribution is -0.127. The third-order valence-corrected chi connectivity index (χ3v) is 3.80. The Labute approximate surface area is 147 Å². The molecule has 0 spiro atoms. The van der Waals surface area contributed by atoms with Crippen LogP contribution in [0.15, 0.2) is 41.3 Å². The summed E-state index contributed by atoms with van der Waals surface area (Å²) >= 11 is 12.1. The number of aromatic nitrogens is 2. The van der Waals surface area contributed by atoms with E-state index in [4.69, 9.17) is 32.4 Å². The SMILES string of the molecule is C[C@H](Oc1ncnc2c(Cl)cc(Cl)cc12)C(=O)NCc1ccco1. The second-order valence-electron chi connectivity index (χ2n) is 5.02. The summed E-state index contributed by atoms with van der Waals surface area (Å²) in [5, 5.41) is 4.09. The van der Waals surface area contributed by atoms with Crippen LogP contribution in [0, 0.1) is 0 Å². The van der Waals surface area contributed by atoms with Crippen LogP contribution >= 0.6 is 23.2 Å². The maximum Gasteiger partial charge on any atom is 0.261 e. The quantitative estimate of drug-likeness (QED) is 0.746. The zero-order valence-corrected chi connectivity index (χ0v) is 14.1. The molecule has 0 radical (unpaired) electrons. The summed E-state index contributed by atoms with van der Waals surface area (Å²) in [7, 11) is 0. The summed E-state index contributed by atoms with van der Waals surface area (Å²) in [5.41, 5.74) is 0.509. The molecule has 0 aliphatic rings. The highest BCUT2D eigenvalue weighted by molar-refractivity contribution is 6.38. The number of carbonyl (C=O) groups excluding carboxylic acids is 1. The maximum absolute atomic E-state index is 12.1. The fourth-order valence-corrected chi connectivity index (χ4v) is 2.66. The average molecular weight is 366 g/mol. The Morgan fingerprint density at radius 3 is 2.96 bits per heavy atom. The lowest BCUT2D eigenvalue weighted by Gasteiger charge is -2.15. The molecule has 1 atom stereocenters. The molecule has 24 heavy (non-hydrogen) atoms. The predicted molar refractivity (Wildman–Crippen MR) is 90.2 cm³/mol. The van der Waals surface area contributed by atoms with Crippen LogP contribution in [-0.2, 0) is 11.3 Å². The highest BCUT2D eigenvalue weighted by Gasteiger charge is 2.18. The summed E-state index contributed by atoms with van der Waals surface area (Å²) in [6.07, 6.45) is 2.10. The van der Waals surface area contributed by atoms with E-state index in [1.807, 2.05) is 0 Å². The molecule has 3 aromatic rings. The summed E-state index contributed by atoms with van der Waals surface area (Å²) in [6, 6.07) is 6.75. The Kier molecular flexibility index (Phi) is 4.87. The zero-order chi connectivity index (χ0) is 17.1. The Balaban J connectivity index is 1.75. The highest BCUT2D eigenvalue weighted by Crippen LogP contribution is 2.31. The Morgan fingerprint density at radius 2 is 2.21 bits per heavy atom. The molecule has 1 amide bonds. The molecular formula is C16H13Cl2N3O3. The molecule has 124 valence electrons. The van der Waals surface area contributed by atoms with Gasteiger partial charge in [0.25, 0.3) is 5.91 Å². The van der Waals surface area contributed by atoms with Crippen molar-refractivity contribution in [1.29, 1.82) is 0 Å². The highest BCUT2D eigenvalue weighted by atomic mass is 35.5. The molecule has 0 fully saturated rings. The molecule has 2 aromatic heterocycles. The van der Waals surface area contributed by atoms with Gasteiger partial charge in [0, 0.05) is 5.02 Å². The lowest BCUT2D eigenvalue weighted by Crippen LogP contribution is -2.36. The Bertz CT molecular complexity index is 868. The molecule has 0 saturated heterocycles. The van der Waals surface area contributed by atoms with E-state index >= 15 is 0 Å². The number of rotatable bonds is 5. The number of benzene rings is 1. The van der Waals surface area contributed by atoms with Gasteiger partial charge >= 0.3 is 0 Å². The molecule has 8 heteroatoms. The van der Waals surface area contributed by atoms with Gasteiger partial charge in [0.05, 0.1) is 28.7 Å². The van der Waals surface area contributed by atoms with Crippen LogP contribution in [0.25, 0.3) is 10.9 Å². The molecule has 0 aliphatic heterocycles. The first kappa shape index (κ1) is 16.5. The molecule has 0 unspecified atom stereocenters. The standard InChI is InChI=1S/C16H13Cl2N3O3/c1-9(15(22)19-7-11-3-2-4-23-11)24-16-12-5-10(17)6-13(18)14(12)20-8-21-16/h2-6,8-9H,7H2,1H3,(H,19,22)/t9-/m0/s1. The number of ether oxygens (including phenoxy) is 1. The van der Waals surface area contributed by atoms with Crippen molar-refractivity contribution in [3.05, 3.63) is 52.7 Å². The van der Waals surface area contributed by atoms with Gasteiger partial charge in [-0.25, -0.2) is 9.97 Å². The number of fused-ring (bicyclic) bond motifs is 1. The number of hydrogen-bond acceptors (Lipinski definition) is 5. The lowest BCUT2D eigenvalue weighted by atomic mass is 10.2. The number of nitrogens with one attached hydrogen (secondary N) is 1. The van der Waals surface area contributed by atoms with Crippen molar-refractivity contribution >= 4 is 40.0 Å². The van der Waals surface area contributed by atoms with E-state index in [0.29, 0.717) is 26.7 Å². The summed E-state index contributed by atoms with van der Waals surface area (Å²) in [5.74, 6) is 0.595. The second-order valence-corrected chi connectivity index (χ2v) is 5.86. The number of hydrogen-bond donors (Lipinski definition) is 1. The monoisotopic (exact) mass is 365 g/mol. The molecule has 6 nitrogen and oxygen atoms in total. The van der Waals surface area contributed by atoms with Gasteiger partial charge in [0.2, 0.25) is 5.88 Å². The van der Waals surface area contributed by atoms with E-state index in [0.717, 1.165) is 0 Å². The van der Waals surface area contributed by atoms with Gasteiger partial charge in [0.15, 0.2) is 6.10 Å². The normalized spacial score (nSPS) is 12.1. The minimum absolute atomic E-state index is 0.241. The number of nitrogens with zero attached hydrogens (tertiary/aromatic N) is 2. The van der Waals surface area contributed by atoms with Gasteiger partial charge in [-0.2, -0.15) is 0 Å². The molecule has 2 heterocycles. The first-order valence-corrected chi connectivity index (χ1v) is 7.86. The number of halogens is 2. The van der Waals surface area contributed by atoms with Crippen LogP contribution in [0.2, 0.25) is 10.0 Å². The Morgan fingerprint density at radius 1 is 1.38 bits per heavy atom. The van der Waals surface area contributed by atoms with Crippen molar-refractivity contribution in [2.24, 2.45) is 0 Å². The third kappa shape index (κ3) is 3.60. The van der Waals surface area contributed by atoms with E-state index in [9.17, 15) is 4.79 Å². The molecule has 1 aromatic carbocycles. The van der Waals surface area contributed by atoms with Gasteiger partial charge in [-0.15, -0.1) is 0 Å². The van der Waals surface area contributed by atoms with Gasteiger partial charge in [-0.05, 0) is 31.2 Å². The van der Waals surface area contributed by atoms with Gasteiger partial charge in [0.1, 0.15) is 12.1 Å². The van der Waals surface area contributed by atoms with Crippen LogP contribution in [0.5, 0.6) is 5.88 Å². The minimum Gasteiger partial charge on any atom is -0.467 e. The smallest absolute Gasteiger partial charge is 0.261 e. The van der Waals surface area contributed by atoms with Crippen molar-refractivity contribution < 1.29 is 13.9 Å². The first-order chi connectivity index (χ1) is 11.5. The van der Waals surface area contributed by atoms with Gasteiger partial charge in [-0.3, -0.25) is 4.79 Å². The van der Waals surface area contributed by atoms with Crippen LogP contribution in [0.1, 0.15) is 12.7 Å². The fraction of sp³-hybridized carbons (Fsp3) is 0.188. The van der Waals surface area contributed by atoms with Crippen LogP contribution in [0.3, 0.4) is 0 Å². The number of carbonyl (C=O) groups is 1. The maximum atomic E-state index is 12.1. The summed E-state index contributed by atoms with van der Waals surface area (Å²) in [4.78, 5) is 20.3. The molecule has 0 bridgehead atoms. The zero-order valence-electron chi connectivity index (χ0n) is 12.6. The van der Waals surface area contributed by atoms with Crippen molar-refractivity contribution in [2.75, 3.05) is 0 Å². The van der Waals surface area contributed by atoms with Gasteiger partial charge < -0.3 is 14.5 Å². The molecule has 0 aliphatic carbocycles. The van der Waals surface area contributed by atoms with Crippen molar-refractivity contribution in [2.45, 2.75) is 19.6 Å². The van der Waals surface area contributed by atoms with E-state index in [-0.39, 0.29) is 18.3 Å². The van der Waals surface area contributed by atoms with Gasteiger partial charge in [-0.1, -0.05) is 23.2 Å². The Hall–Kier alpha value is -2.31. The number of furan rings is 1. The van der Waals surface area contributed by atoms with Crippen molar-refractivity contribution in [1.82, 2.24) is 15.3 Å². The third-order valence-electron chi connectivity index (χ3n) is 3.29. The second kappa shape index (κ2) is 7.07.